The fourth-order valence-corrected chi connectivity index (χ4v) is 2.02. The zero-order valence-corrected chi connectivity index (χ0v) is 14.8. The molecule has 0 saturated carbocycles. The van der Waals surface area contributed by atoms with E-state index in [1.54, 1.807) is 32.9 Å². The van der Waals surface area contributed by atoms with Gasteiger partial charge in [-0.1, -0.05) is 13.3 Å². The van der Waals surface area contributed by atoms with Crippen molar-refractivity contribution < 1.29 is 14.3 Å². The molecule has 1 N–H and O–H groups in total. The second-order valence-corrected chi connectivity index (χ2v) is 6.59. The monoisotopic (exact) mass is 320 g/mol. The van der Waals surface area contributed by atoms with E-state index in [9.17, 15) is 9.59 Å². The second-order valence-electron chi connectivity index (χ2n) is 6.59. The molecule has 0 aliphatic rings. The Bertz CT molecular complexity index is 518. The number of carbonyl (C=O) groups is 2. The first-order valence-electron chi connectivity index (χ1n) is 8.04. The molecule has 0 atom stereocenters. The first-order chi connectivity index (χ1) is 10.7. The van der Waals surface area contributed by atoms with Crippen LogP contribution >= 0.6 is 0 Å². The molecule has 1 rings (SSSR count). The van der Waals surface area contributed by atoms with Crippen LogP contribution in [0.2, 0.25) is 0 Å². The van der Waals surface area contributed by atoms with E-state index in [4.69, 9.17) is 4.74 Å². The number of nitrogens with zero attached hydrogens (tertiary/aromatic N) is 1. The summed E-state index contributed by atoms with van der Waals surface area (Å²) in [4.78, 5) is 25.8. The molecule has 1 amide bonds. The minimum Gasteiger partial charge on any atom is -0.459 e. The van der Waals surface area contributed by atoms with Gasteiger partial charge in [-0.05, 0) is 51.5 Å². The predicted molar refractivity (Wildman–Crippen MR) is 92.8 cm³/mol. The van der Waals surface area contributed by atoms with Crippen LogP contribution in [0.4, 0.5) is 5.69 Å². The van der Waals surface area contributed by atoms with Crippen molar-refractivity contribution in [2.45, 2.75) is 46.1 Å². The van der Waals surface area contributed by atoms with Crippen molar-refractivity contribution >= 4 is 17.6 Å². The van der Waals surface area contributed by atoms with Crippen molar-refractivity contribution in [2.24, 2.45) is 0 Å². The summed E-state index contributed by atoms with van der Waals surface area (Å²) in [6, 6.07) is 7.36. The number of benzene rings is 1. The molecule has 0 aliphatic carbocycles. The molecule has 0 unspecified atom stereocenters. The van der Waals surface area contributed by atoms with Crippen molar-refractivity contribution in [1.82, 2.24) is 5.32 Å². The Kier molecular flexibility index (Phi) is 7.07. The normalized spacial score (nSPS) is 11.0. The smallest absolute Gasteiger partial charge is 0.325 e. The van der Waals surface area contributed by atoms with Crippen LogP contribution < -0.4 is 10.2 Å². The molecule has 0 heterocycles. The van der Waals surface area contributed by atoms with Crippen LogP contribution in [0.1, 0.15) is 50.9 Å². The maximum Gasteiger partial charge on any atom is 0.325 e. The average molecular weight is 320 g/mol. The molecule has 5 heteroatoms. The molecule has 0 spiro atoms. The van der Waals surface area contributed by atoms with Crippen LogP contribution in [0.25, 0.3) is 0 Å². The maximum absolute atomic E-state index is 12.0. The van der Waals surface area contributed by atoms with Crippen molar-refractivity contribution in [3.8, 4) is 0 Å². The number of carbonyl (C=O) groups excluding carboxylic acids is 2. The van der Waals surface area contributed by atoms with E-state index in [2.05, 4.69) is 17.1 Å². The van der Waals surface area contributed by atoms with Gasteiger partial charge in [0.25, 0.3) is 5.91 Å². The van der Waals surface area contributed by atoms with Crippen LogP contribution in [0.15, 0.2) is 24.3 Å². The van der Waals surface area contributed by atoms with Crippen LogP contribution in [0.5, 0.6) is 0 Å². The van der Waals surface area contributed by atoms with Crippen molar-refractivity contribution in [2.75, 3.05) is 25.0 Å². The first-order valence-corrected chi connectivity index (χ1v) is 8.04. The van der Waals surface area contributed by atoms with Gasteiger partial charge >= 0.3 is 5.97 Å². The zero-order valence-electron chi connectivity index (χ0n) is 14.8. The number of unbranched alkanes of at least 4 members (excludes halogenated alkanes) is 1. The lowest BCUT2D eigenvalue weighted by molar-refractivity contribution is -0.153. The standard InChI is InChI=1S/C18H28N2O3/c1-6-7-12-20(5)15-10-8-14(9-11-15)17(22)19-13-16(21)23-18(2,3)4/h8-11H,6-7,12-13H2,1-5H3,(H,19,22). The summed E-state index contributed by atoms with van der Waals surface area (Å²) in [5.41, 5.74) is 1.05. The van der Waals surface area contributed by atoms with E-state index in [0.717, 1.165) is 25.1 Å². The molecular formula is C18H28N2O3. The number of hydrogen-bond donors (Lipinski definition) is 1. The van der Waals surface area contributed by atoms with Gasteiger partial charge < -0.3 is 15.0 Å². The Balaban J connectivity index is 2.52. The maximum atomic E-state index is 12.0. The van der Waals surface area contributed by atoms with Gasteiger partial charge in [0.1, 0.15) is 12.1 Å². The summed E-state index contributed by atoms with van der Waals surface area (Å²) in [6.07, 6.45) is 2.28. The third-order valence-electron chi connectivity index (χ3n) is 3.23. The van der Waals surface area contributed by atoms with Crippen LogP contribution in [-0.4, -0.2) is 37.6 Å². The molecule has 23 heavy (non-hydrogen) atoms. The first kappa shape index (κ1) is 19.0. The molecule has 0 bridgehead atoms. The third-order valence-corrected chi connectivity index (χ3v) is 3.23. The van der Waals surface area contributed by atoms with Gasteiger partial charge in [-0.25, -0.2) is 0 Å². The van der Waals surface area contributed by atoms with Gasteiger partial charge in [-0.3, -0.25) is 9.59 Å². The minimum atomic E-state index is -0.549. The topological polar surface area (TPSA) is 58.6 Å². The van der Waals surface area contributed by atoms with Gasteiger partial charge in [0.15, 0.2) is 0 Å². The molecule has 1 aromatic carbocycles. The highest BCUT2D eigenvalue weighted by Gasteiger charge is 2.17. The number of ether oxygens (including phenoxy) is 1. The molecular weight excluding hydrogens is 292 g/mol. The predicted octanol–water partition coefficient (Wildman–Crippen LogP) is 2.99. The molecule has 0 fully saturated rings. The SMILES string of the molecule is CCCCN(C)c1ccc(C(=O)NCC(=O)OC(C)(C)C)cc1. The Morgan fingerprint density at radius 2 is 1.78 bits per heavy atom. The van der Waals surface area contributed by atoms with E-state index in [1.165, 1.54) is 0 Å². The Morgan fingerprint density at radius 3 is 2.30 bits per heavy atom. The van der Waals surface area contributed by atoms with Crippen molar-refractivity contribution in [1.29, 1.82) is 0 Å². The van der Waals surface area contributed by atoms with Gasteiger partial charge in [-0.2, -0.15) is 0 Å². The summed E-state index contributed by atoms with van der Waals surface area (Å²) in [6.45, 7) is 8.39. The molecule has 5 nitrogen and oxygen atoms in total. The lowest BCUT2D eigenvalue weighted by atomic mass is 10.1. The Labute approximate surface area is 139 Å². The Hall–Kier alpha value is -2.04. The quantitative estimate of drug-likeness (QED) is 0.785. The summed E-state index contributed by atoms with van der Waals surface area (Å²) >= 11 is 0. The van der Waals surface area contributed by atoms with E-state index in [0.29, 0.717) is 5.56 Å². The lowest BCUT2D eigenvalue weighted by Crippen LogP contribution is -2.34. The fraction of sp³-hybridized carbons (Fsp3) is 0.556. The van der Waals surface area contributed by atoms with Gasteiger partial charge in [-0.15, -0.1) is 0 Å². The highest BCUT2D eigenvalue weighted by atomic mass is 16.6. The number of amides is 1. The van der Waals surface area contributed by atoms with Crippen molar-refractivity contribution in [3.63, 3.8) is 0 Å². The van der Waals surface area contributed by atoms with E-state index >= 15 is 0 Å². The Morgan fingerprint density at radius 1 is 1.17 bits per heavy atom. The molecule has 0 radical (unpaired) electrons. The molecule has 0 saturated heterocycles. The van der Waals surface area contributed by atoms with E-state index < -0.39 is 11.6 Å². The second kappa shape index (κ2) is 8.56. The number of rotatable bonds is 7. The van der Waals surface area contributed by atoms with Crippen molar-refractivity contribution in [3.05, 3.63) is 29.8 Å². The molecule has 0 aliphatic heterocycles. The number of esters is 1. The summed E-state index contributed by atoms with van der Waals surface area (Å²) in [5.74, 6) is -0.722. The summed E-state index contributed by atoms with van der Waals surface area (Å²) < 4.78 is 5.15. The van der Waals surface area contributed by atoms with Crippen LogP contribution in [-0.2, 0) is 9.53 Å². The van der Waals surface area contributed by atoms with Crippen LogP contribution in [0.3, 0.4) is 0 Å². The molecule has 1 aromatic rings. The van der Waals surface area contributed by atoms with Gasteiger partial charge in [0.05, 0.1) is 0 Å². The summed E-state index contributed by atoms with van der Waals surface area (Å²) in [5, 5.41) is 2.58. The number of nitrogens with one attached hydrogen (secondary N) is 1. The zero-order chi connectivity index (χ0) is 17.5. The highest BCUT2D eigenvalue weighted by molar-refractivity contribution is 5.96. The van der Waals surface area contributed by atoms with Gasteiger partial charge in [0.2, 0.25) is 0 Å². The largest absolute Gasteiger partial charge is 0.459 e. The molecule has 0 aromatic heterocycles. The van der Waals surface area contributed by atoms with E-state index in [-0.39, 0.29) is 12.5 Å². The number of hydrogen-bond acceptors (Lipinski definition) is 4. The van der Waals surface area contributed by atoms with Crippen LogP contribution in [0, 0.1) is 0 Å². The minimum absolute atomic E-state index is 0.131. The molecule has 128 valence electrons. The lowest BCUT2D eigenvalue weighted by Gasteiger charge is -2.20. The van der Waals surface area contributed by atoms with E-state index in [1.807, 2.05) is 19.2 Å². The van der Waals surface area contributed by atoms with Gasteiger partial charge in [0, 0.05) is 24.8 Å². The highest BCUT2D eigenvalue weighted by Crippen LogP contribution is 2.14. The number of anilines is 1. The average Bonchev–Trinajstić information content (AvgIpc) is 2.48. The summed E-state index contributed by atoms with van der Waals surface area (Å²) in [7, 11) is 2.03. The third kappa shape index (κ3) is 7.17. The fourth-order valence-electron chi connectivity index (χ4n) is 2.02.